The van der Waals surface area contributed by atoms with E-state index in [0.29, 0.717) is 5.78 Å². The number of benzene rings is 1. The van der Waals surface area contributed by atoms with Gasteiger partial charge in [0.1, 0.15) is 11.2 Å². The van der Waals surface area contributed by atoms with E-state index in [-0.39, 0.29) is 0 Å². The van der Waals surface area contributed by atoms with Crippen LogP contribution in [0.25, 0.3) is 27.8 Å². The summed E-state index contributed by atoms with van der Waals surface area (Å²) in [5, 5.41) is 9.36. The van der Waals surface area contributed by atoms with Gasteiger partial charge in [-0.3, -0.25) is 4.40 Å². The third-order valence-electron chi connectivity index (χ3n) is 2.76. The largest absolute Gasteiger partial charge is 0.339 e. The zero-order chi connectivity index (χ0) is 10.5. The predicted molar refractivity (Wildman–Crippen MR) is 60.1 cm³/mol. The smallest absolute Gasteiger partial charge is 0.255 e. The Balaban J connectivity index is 2.38. The molecule has 1 aromatic carbocycles. The highest BCUT2D eigenvalue weighted by atomic mass is 15.2. The molecule has 4 rings (SSSR count). The number of para-hydroxylation sites is 1. The van der Waals surface area contributed by atoms with Gasteiger partial charge in [-0.25, -0.2) is 4.98 Å². The summed E-state index contributed by atoms with van der Waals surface area (Å²) in [6.07, 6.45) is 3.59. The highest BCUT2D eigenvalue weighted by molar-refractivity contribution is 6.03. The van der Waals surface area contributed by atoms with Crippen molar-refractivity contribution in [2.75, 3.05) is 0 Å². The Morgan fingerprint density at radius 3 is 3.06 bits per heavy atom. The van der Waals surface area contributed by atoms with Gasteiger partial charge in [0, 0.05) is 23.3 Å². The molecule has 0 unspecified atom stereocenters. The normalized spacial score (nSPS) is 11.8. The van der Waals surface area contributed by atoms with Crippen molar-refractivity contribution in [2.24, 2.45) is 0 Å². The highest BCUT2D eigenvalue weighted by Gasteiger charge is 2.09. The fourth-order valence-electron chi connectivity index (χ4n) is 2.03. The first-order chi connectivity index (χ1) is 7.93. The number of aromatic amines is 1. The molecule has 1 N–H and O–H groups in total. The van der Waals surface area contributed by atoms with Crippen LogP contribution in [-0.4, -0.2) is 24.6 Å². The summed E-state index contributed by atoms with van der Waals surface area (Å²) in [4.78, 5) is 7.44. The fourth-order valence-corrected chi connectivity index (χ4v) is 2.03. The molecule has 5 heteroatoms. The van der Waals surface area contributed by atoms with Crippen LogP contribution in [0.5, 0.6) is 0 Å². The molecule has 0 bridgehead atoms. The second-order valence-corrected chi connectivity index (χ2v) is 3.67. The lowest BCUT2D eigenvalue weighted by Crippen LogP contribution is -1.92. The molecule has 0 atom stereocenters. The Bertz CT molecular complexity index is 811. The van der Waals surface area contributed by atoms with E-state index in [4.69, 9.17) is 0 Å². The molecule has 4 aromatic rings. The number of imidazole rings is 1. The van der Waals surface area contributed by atoms with Crippen molar-refractivity contribution in [2.45, 2.75) is 0 Å². The molecule has 0 aliphatic heterocycles. The predicted octanol–water partition coefficient (Wildman–Crippen LogP) is 1.76. The summed E-state index contributed by atoms with van der Waals surface area (Å²) >= 11 is 0. The summed E-state index contributed by atoms with van der Waals surface area (Å²) < 4.78 is 1.91. The van der Waals surface area contributed by atoms with E-state index in [2.05, 4.69) is 20.2 Å². The SMILES string of the molecule is c1ccc2c(c1)[nH]c1c2nnc2nccn21. The average molecular weight is 209 g/mol. The van der Waals surface area contributed by atoms with Crippen molar-refractivity contribution in [1.82, 2.24) is 24.6 Å². The summed E-state index contributed by atoms with van der Waals surface area (Å²) in [5.74, 6) is 0.610. The molecule has 3 aromatic heterocycles. The molecule has 0 saturated heterocycles. The lowest BCUT2D eigenvalue weighted by Gasteiger charge is -1.92. The Hall–Kier alpha value is -2.43. The molecule has 76 valence electrons. The van der Waals surface area contributed by atoms with Gasteiger partial charge in [-0.05, 0) is 6.07 Å². The molecule has 0 spiro atoms. The molecule has 0 radical (unpaired) electrons. The third kappa shape index (κ3) is 0.826. The highest BCUT2D eigenvalue weighted by Crippen LogP contribution is 2.22. The van der Waals surface area contributed by atoms with Gasteiger partial charge in [0.2, 0.25) is 0 Å². The van der Waals surface area contributed by atoms with E-state index >= 15 is 0 Å². The van der Waals surface area contributed by atoms with Gasteiger partial charge in [0.25, 0.3) is 5.78 Å². The molecule has 16 heavy (non-hydrogen) atoms. The Kier molecular flexibility index (Phi) is 1.26. The maximum absolute atomic E-state index is 4.21. The van der Waals surface area contributed by atoms with Crippen LogP contribution in [0, 0.1) is 0 Å². The van der Waals surface area contributed by atoms with Crippen molar-refractivity contribution >= 4 is 27.8 Å². The second kappa shape index (κ2) is 2.57. The van der Waals surface area contributed by atoms with Crippen LogP contribution in [0.4, 0.5) is 0 Å². The summed E-state index contributed by atoms with van der Waals surface area (Å²) in [6.45, 7) is 0. The topological polar surface area (TPSA) is 58.9 Å². The Morgan fingerprint density at radius 1 is 1.12 bits per heavy atom. The number of aromatic nitrogens is 5. The van der Waals surface area contributed by atoms with Crippen molar-refractivity contribution in [3.05, 3.63) is 36.7 Å². The minimum Gasteiger partial charge on any atom is -0.339 e. The number of nitrogens with one attached hydrogen (secondary N) is 1. The zero-order valence-electron chi connectivity index (χ0n) is 8.25. The fraction of sp³-hybridized carbons (Fsp3) is 0. The Morgan fingerprint density at radius 2 is 2.06 bits per heavy atom. The van der Waals surface area contributed by atoms with Gasteiger partial charge < -0.3 is 4.98 Å². The molecule has 0 saturated carbocycles. The molecular weight excluding hydrogens is 202 g/mol. The number of nitrogens with zero attached hydrogens (tertiary/aromatic N) is 4. The van der Waals surface area contributed by atoms with Gasteiger partial charge in [-0.2, -0.15) is 0 Å². The van der Waals surface area contributed by atoms with Gasteiger partial charge >= 0.3 is 0 Å². The molecular formula is C11H7N5. The number of H-pyrrole nitrogens is 1. The monoisotopic (exact) mass is 209 g/mol. The summed E-state index contributed by atoms with van der Waals surface area (Å²) in [5.41, 5.74) is 2.87. The van der Waals surface area contributed by atoms with E-state index in [1.54, 1.807) is 6.20 Å². The average Bonchev–Trinajstić information content (AvgIpc) is 2.92. The number of fused-ring (bicyclic) bond motifs is 5. The number of hydrogen-bond acceptors (Lipinski definition) is 3. The van der Waals surface area contributed by atoms with Gasteiger partial charge in [0.05, 0.1) is 0 Å². The van der Waals surface area contributed by atoms with E-state index in [1.807, 2.05) is 34.9 Å². The van der Waals surface area contributed by atoms with Crippen LogP contribution in [-0.2, 0) is 0 Å². The molecule has 0 fully saturated rings. The molecule has 0 aliphatic carbocycles. The van der Waals surface area contributed by atoms with E-state index in [1.165, 1.54) is 0 Å². The third-order valence-corrected chi connectivity index (χ3v) is 2.76. The first-order valence-corrected chi connectivity index (χ1v) is 5.00. The van der Waals surface area contributed by atoms with E-state index in [9.17, 15) is 0 Å². The lowest BCUT2D eigenvalue weighted by atomic mass is 10.2. The van der Waals surface area contributed by atoms with Gasteiger partial charge in [-0.15, -0.1) is 10.2 Å². The first-order valence-electron chi connectivity index (χ1n) is 5.00. The summed E-state index contributed by atoms with van der Waals surface area (Å²) in [7, 11) is 0. The second-order valence-electron chi connectivity index (χ2n) is 3.67. The molecule has 0 aliphatic rings. The van der Waals surface area contributed by atoms with Crippen LogP contribution in [0.3, 0.4) is 0 Å². The molecule has 5 nitrogen and oxygen atoms in total. The quantitative estimate of drug-likeness (QED) is 0.480. The summed E-state index contributed by atoms with van der Waals surface area (Å²) in [6, 6.07) is 8.05. The maximum Gasteiger partial charge on any atom is 0.255 e. The zero-order valence-corrected chi connectivity index (χ0v) is 8.25. The van der Waals surface area contributed by atoms with Crippen LogP contribution < -0.4 is 0 Å². The number of rotatable bonds is 0. The van der Waals surface area contributed by atoms with Crippen LogP contribution >= 0.6 is 0 Å². The van der Waals surface area contributed by atoms with Crippen LogP contribution in [0.15, 0.2) is 36.7 Å². The van der Waals surface area contributed by atoms with Gasteiger partial charge in [0.15, 0.2) is 0 Å². The van der Waals surface area contributed by atoms with Crippen LogP contribution in [0.1, 0.15) is 0 Å². The van der Waals surface area contributed by atoms with Crippen LogP contribution in [0.2, 0.25) is 0 Å². The maximum atomic E-state index is 4.21. The number of hydrogen-bond donors (Lipinski definition) is 1. The van der Waals surface area contributed by atoms with Crippen molar-refractivity contribution < 1.29 is 0 Å². The minimum absolute atomic E-state index is 0.610. The molecule has 0 amide bonds. The first kappa shape index (κ1) is 7.81. The Labute approximate surface area is 89.7 Å². The van der Waals surface area contributed by atoms with Crippen molar-refractivity contribution in [3.8, 4) is 0 Å². The van der Waals surface area contributed by atoms with Gasteiger partial charge in [-0.1, -0.05) is 18.2 Å². The van der Waals surface area contributed by atoms with Crippen molar-refractivity contribution in [3.63, 3.8) is 0 Å². The van der Waals surface area contributed by atoms with E-state index in [0.717, 1.165) is 22.1 Å². The minimum atomic E-state index is 0.610. The lowest BCUT2D eigenvalue weighted by molar-refractivity contribution is 1.02. The standard InChI is InChI=1S/C11H7N5/c1-2-4-8-7(3-1)9-10(13-8)16-6-5-12-11(16)15-14-9/h1-6,13H. The van der Waals surface area contributed by atoms with E-state index < -0.39 is 0 Å². The molecule has 3 heterocycles. The van der Waals surface area contributed by atoms with Crippen molar-refractivity contribution in [1.29, 1.82) is 0 Å².